The molecule has 0 aromatic heterocycles. The number of aliphatic carboxylic acids is 1. The third-order valence-corrected chi connectivity index (χ3v) is 3.54. The quantitative estimate of drug-likeness (QED) is 0.873. The van der Waals surface area contributed by atoms with Gasteiger partial charge < -0.3 is 14.7 Å². The fourth-order valence-electron chi connectivity index (χ4n) is 2.12. The van der Waals surface area contributed by atoms with Gasteiger partial charge in [-0.2, -0.15) is 0 Å². The van der Waals surface area contributed by atoms with Crippen molar-refractivity contribution in [2.24, 2.45) is 5.92 Å². The second-order valence-electron chi connectivity index (χ2n) is 5.28. The zero-order valence-corrected chi connectivity index (χ0v) is 12.0. The first-order valence-corrected chi connectivity index (χ1v) is 6.81. The van der Waals surface area contributed by atoms with Crippen molar-refractivity contribution in [3.63, 3.8) is 0 Å². The summed E-state index contributed by atoms with van der Waals surface area (Å²) in [5, 5.41) is 8.98. The number of halogens is 1. The molecule has 1 saturated carbocycles. The van der Waals surface area contributed by atoms with Crippen LogP contribution in [-0.4, -0.2) is 41.6 Å². The van der Waals surface area contributed by atoms with Crippen LogP contribution in [0.3, 0.4) is 0 Å². The van der Waals surface area contributed by atoms with E-state index in [0.29, 0.717) is 0 Å². The Hall–Kier alpha value is -2.11. The Morgan fingerprint density at radius 2 is 2.14 bits per heavy atom. The van der Waals surface area contributed by atoms with E-state index >= 15 is 0 Å². The molecule has 1 atom stereocenters. The molecular weight excluding hydrogens is 277 g/mol. The predicted molar refractivity (Wildman–Crippen MR) is 73.8 cm³/mol. The van der Waals surface area contributed by atoms with E-state index in [4.69, 9.17) is 9.84 Å². The number of methoxy groups -OCH3 is 1. The standard InChI is InChI=1S/C15H18FNO4/c1-9(15(19)20)8-17(11-4-5-11)14(18)10-3-6-13(21-2)12(16)7-10/h3,6-7,9,11H,4-5,8H2,1-2H3,(H,19,20)/t9-/m1/s1. The summed E-state index contributed by atoms with van der Waals surface area (Å²) >= 11 is 0. The first-order chi connectivity index (χ1) is 9.93. The van der Waals surface area contributed by atoms with Crippen molar-refractivity contribution >= 4 is 11.9 Å². The lowest BCUT2D eigenvalue weighted by atomic mass is 10.1. The van der Waals surface area contributed by atoms with Gasteiger partial charge in [0, 0.05) is 18.2 Å². The lowest BCUT2D eigenvalue weighted by Crippen LogP contribution is -2.38. The van der Waals surface area contributed by atoms with Crippen LogP contribution in [0.4, 0.5) is 4.39 Å². The highest BCUT2D eigenvalue weighted by Crippen LogP contribution is 2.30. The minimum absolute atomic E-state index is 0.0597. The van der Waals surface area contributed by atoms with Gasteiger partial charge in [0.2, 0.25) is 0 Å². The highest BCUT2D eigenvalue weighted by Gasteiger charge is 2.35. The van der Waals surface area contributed by atoms with Crippen LogP contribution < -0.4 is 4.74 Å². The molecule has 6 heteroatoms. The number of benzene rings is 1. The first-order valence-electron chi connectivity index (χ1n) is 6.81. The fourth-order valence-corrected chi connectivity index (χ4v) is 2.12. The molecule has 0 saturated heterocycles. The van der Waals surface area contributed by atoms with Gasteiger partial charge in [0.25, 0.3) is 5.91 Å². The van der Waals surface area contributed by atoms with E-state index in [1.54, 1.807) is 6.92 Å². The predicted octanol–water partition coefficient (Wildman–Crippen LogP) is 2.16. The number of ether oxygens (including phenoxy) is 1. The summed E-state index contributed by atoms with van der Waals surface area (Å²) in [6.07, 6.45) is 1.72. The topological polar surface area (TPSA) is 66.8 Å². The number of carboxylic acids is 1. The zero-order chi connectivity index (χ0) is 15.6. The van der Waals surface area contributed by atoms with Crippen molar-refractivity contribution in [1.29, 1.82) is 0 Å². The molecule has 0 bridgehead atoms. The second kappa shape index (κ2) is 6.11. The number of hydrogen-bond donors (Lipinski definition) is 1. The van der Waals surface area contributed by atoms with E-state index in [1.165, 1.54) is 24.1 Å². The van der Waals surface area contributed by atoms with Crippen LogP contribution in [0.1, 0.15) is 30.1 Å². The van der Waals surface area contributed by atoms with Gasteiger partial charge in [-0.25, -0.2) is 4.39 Å². The number of amides is 1. The highest BCUT2D eigenvalue weighted by atomic mass is 19.1. The van der Waals surface area contributed by atoms with E-state index in [2.05, 4.69) is 0 Å². The average molecular weight is 295 g/mol. The molecule has 2 rings (SSSR count). The number of carbonyl (C=O) groups is 2. The van der Waals surface area contributed by atoms with Crippen LogP contribution in [0.2, 0.25) is 0 Å². The molecule has 1 aromatic carbocycles. The molecule has 0 radical (unpaired) electrons. The Morgan fingerprint density at radius 1 is 1.48 bits per heavy atom. The Morgan fingerprint density at radius 3 is 2.62 bits per heavy atom. The SMILES string of the molecule is COc1ccc(C(=O)N(C[C@@H](C)C(=O)O)C2CC2)cc1F. The number of carboxylic acid groups (broad SMARTS) is 1. The summed E-state index contributed by atoms with van der Waals surface area (Å²) in [5.41, 5.74) is 0.206. The van der Waals surface area contributed by atoms with Crippen LogP contribution in [0, 0.1) is 11.7 Å². The van der Waals surface area contributed by atoms with Gasteiger partial charge in [-0.05, 0) is 31.0 Å². The van der Waals surface area contributed by atoms with E-state index in [9.17, 15) is 14.0 Å². The van der Waals surface area contributed by atoms with Gasteiger partial charge in [-0.15, -0.1) is 0 Å². The number of nitrogens with zero attached hydrogens (tertiary/aromatic N) is 1. The molecule has 0 unspecified atom stereocenters. The van der Waals surface area contributed by atoms with Crippen molar-refractivity contribution < 1.29 is 23.8 Å². The maximum Gasteiger partial charge on any atom is 0.308 e. The summed E-state index contributed by atoms with van der Waals surface area (Å²) in [7, 11) is 1.35. The van der Waals surface area contributed by atoms with Gasteiger partial charge in [0.1, 0.15) is 0 Å². The van der Waals surface area contributed by atoms with E-state index in [0.717, 1.165) is 18.9 Å². The van der Waals surface area contributed by atoms with E-state index in [-0.39, 0.29) is 29.8 Å². The summed E-state index contributed by atoms with van der Waals surface area (Å²) < 4.78 is 18.5. The molecule has 21 heavy (non-hydrogen) atoms. The van der Waals surface area contributed by atoms with Gasteiger partial charge >= 0.3 is 5.97 Å². The molecule has 1 aliphatic rings. The number of rotatable bonds is 6. The number of hydrogen-bond acceptors (Lipinski definition) is 3. The zero-order valence-electron chi connectivity index (χ0n) is 12.0. The van der Waals surface area contributed by atoms with Crippen LogP contribution in [0.5, 0.6) is 5.75 Å². The van der Waals surface area contributed by atoms with Crippen LogP contribution in [-0.2, 0) is 4.79 Å². The van der Waals surface area contributed by atoms with Gasteiger partial charge in [0.15, 0.2) is 11.6 Å². The summed E-state index contributed by atoms with van der Waals surface area (Å²) in [6.45, 7) is 1.69. The lowest BCUT2D eigenvalue weighted by molar-refractivity contribution is -0.141. The maximum absolute atomic E-state index is 13.7. The average Bonchev–Trinajstić information content (AvgIpc) is 3.28. The molecule has 1 fully saturated rings. The van der Waals surface area contributed by atoms with Crippen molar-refractivity contribution in [3.8, 4) is 5.75 Å². The molecule has 1 amide bonds. The van der Waals surface area contributed by atoms with Gasteiger partial charge in [0.05, 0.1) is 13.0 Å². The minimum Gasteiger partial charge on any atom is -0.494 e. The Balaban J connectivity index is 2.18. The normalized spacial score (nSPS) is 15.4. The van der Waals surface area contributed by atoms with Crippen LogP contribution in [0.15, 0.2) is 18.2 Å². The summed E-state index contributed by atoms with van der Waals surface area (Å²) in [4.78, 5) is 24.9. The van der Waals surface area contributed by atoms with Gasteiger partial charge in [-0.3, -0.25) is 9.59 Å². The largest absolute Gasteiger partial charge is 0.494 e. The summed E-state index contributed by atoms with van der Waals surface area (Å²) in [5.74, 6) is -2.48. The Bertz CT molecular complexity index is 557. The highest BCUT2D eigenvalue weighted by molar-refractivity contribution is 5.95. The molecule has 0 spiro atoms. The first kappa shape index (κ1) is 15.3. The molecular formula is C15H18FNO4. The van der Waals surface area contributed by atoms with Crippen molar-refractivity contribution in [2.75, 3.05) is 13.7 Å². The third-order valence-electron chi connectivity index (χ3n) is 3.54. The van der Waals surface area contributed by atoms with Crippen molar-refractivity contribution in [1.82, 2.24) is 4.90 Å². The molecule has 0 heterocycles. The second-order valence-corrected chi connectivity index (χ2v) is 5.28. The van der Waals surface area contributed by atoms with Crippen LogP contribution in [0.25, 0.3) is 0 Å². The molecule has 114 valence electrons. The third kappa shape index (κ3) is 3.51. The molecule has 1 aromatic rings. The molecule has 5 nitrogen and oxygen atoms in total. The van der Waals surface area contributed by atoms with E-state index < -0.39 is 17.7 Å². The Labute approximate surface area is 122 Å². The molecule has 1 N–H and O–H groups in total. The van der Waals surface area contributed by atoms with E-state index in [1.807, 2.05) is 0 Å². The lowest BCUT2D eigenvalue weighted by Gasteiger charge is -2.24. The number of carbonyl (C=O) groups excluding carboxylic acids is 1. The smallest absolute Gasteiger partial charge is 0.308 e. The van der Waals surface area contributed by atoms with Gasteiger partial charge in [-0.1, -0.05) is 6.92 Å². The summed E-state index contributed by atoms with van der Waals surface area (Å²) in [6, 6.07) is 4.07. The van der Waals surface area contributed by atoms with Crippen molar-refractivity contribution in [2.45, 2.75) is 25.8 Å². The van der Waals surface area contributed by atoms with Crippen LogP contribution >= 0.6 is 0 Å². The monoisotopic (exact) mass is 295 g/mol. The molecule has 1 aliphatic carbocycles. The minimum atomic E-state index is -0.950. The molecule has 0 aliphatic heterocycles. The maximum atomic E-state index is 13.7. The van der Waals surface area contributed by atoms with Crippen molar-refractivity contribution in [3.05, 3.63) is 29.6 Å². The fraction of sp³-hybridized carbons (Fsp3) is 0.467. The Kier molecular flexibility index (Phi) is 4.45.